The van der Waals surface area contributed by atoms with Gasteiger partial charge in [0.25, 0.3) is 0 Å². The molecule has 0 aliphatic heterocycles. The van der Waals surface area contributed by atoms with Crippen molar-refractivity contribution in [1.29, 1.82) is 0 Å². The molecule has 1 N–H and O–H groups in total. The Hall–Kier alpha value is -2.36. The first kappa shape index (κ1) is 23.9. The lowest BCUT2D eigenvalue weighted by molar-refractivity contribution is 0.262. The quantitative estimate of drug-likeness (QED) is 0.351. The summed E-state index contributed by atoms with van der Waals surface area (Å²) < 4.78 is 27.3. The predicted octanol–water partition coefficient (Wildman–Crippen LogP) is 3.63. The van der Waals surface area contributed by atoms with Gasteiger partial charge in [-0.3, -0.25) is 0 Å². The Morgan fingerprint density at radius 1 is 1.10 bits per heavy atom. The summed E-state index contributed by atoms with van der Waals surface area (Å²) in [6.45, 7) is 3.95. The molecular formula is C20H25ClFN5O2S. The number of nitrogens with zero attached hydrogens (tertiary/aromatic N) is 4. The number of ether oxygens (including phenoxy) is 2. The Morgan fingerprint density at radius 2 is 1.90 bits per heavy atom. The van der Waals surface area contributed by atoms with Crippen molar-refractivity contribution in [2.75, 3.05) is 18.9 Å². The van der Waals surface area contributed by atoms with Crippen molar-refractivity contribution in [1.82, 2.24) is 25.5 Å². The average Bonchev–Trinajstić information content (AvgIpc) is 3.13. The summed E-state index contributed by atoms with van der Waals surface area (Å²) in [5, 5.41) is 15.6. The minimum Gasteiger partial charge on any atom is -0.490 e. The van der Waals surface area contributed by atoms with Crippen LogP contribution in [0, 0.1) is 5.82 Å². The predicted molar refractivity (Wildman–Crippen MR) is 117 cm³/mol. The van der Waals surface area contributed by atoms with Crippen LogP contribution in [0.3, 0.4) is 0 Å². The Labute approximate surface area is 185 Å². The van der Waals surface area contributed by atoms with E-state index in [4.69, 9.17) is 9.47 Å². The van der Waals surface area contributed by atoms with Gasteiger partial charge in [0.1, 0.15) is 12.4 Å². The zero-order valence-corrected chi connectivity index (χ0v) is 18.5. The Bertz CT molecular complexity index is 928. The summed E-state index contributed by atoms with van der Waals surface area (Å²) >= 11 is 1.58. The van der Waals surface area contributed by atoms with E-state index in [9.17, 15) is 4.39 Å². The highest BCUT2D eigenvalue weighted by Gasteiger charge is 2.12. The number of benzene rings is 2. The summed E-state index contributed by atoms with van der Waals surface area (Å²) in [7, 11) is 1.81. The van der Waals surface area contributed by atoms with Crippen molar-refractivity contribution < 1.29 is 13.9 Å². The fourth-order valence-electron chi connectivity index (χ4n) is 2.68. The molecule has 2 aromatic carbocycles. The summed E-state index contributed by atoms with van der Waals surface area (Å²) in [5.41, 5.74) is 1.46. The van der Waals surface area contributed by atoms with Crippen LogP contribution < -0.4 is 14.8 Å². The smallest absolute Gasteiger partial charge is 0.209 e. The molecule has 0 radical (unpaired) electrons. The lowest BCUT2D eigenvalue weighted by Crippen LogP contribution is -2.17. The van der Waals surface area contributed by atoms with E-state index in [0.29, 0.717) is 30.2 Å². The van der Waals surface area contributed by atoms with Gasteiger partial charge in [0, 0.05) is 37.0 Å². The van der Waals surface area contributed by atoms with E-state index in [0.717, 1.165) is 23.0 Å². The molecule has 0 aliphatic carbocycles. The van der Waals surface area contributed by atoms with Gasteiger partial charge in [-0.1, -0.05) is 42.1 Å². The topological polar surface area (TPSA) is 74.1 Å². The molecule has 3 rings (SSSR count). The van der Waals surface area contributed by atoms with Crippen LogP contribution >= 0.6 is 24.2 Å². The standard InChI is InChI=1S/C20H24FN5O2S.ClH/c1-3-27-18-10-6-8-15(13-22-11-12-29-20-23-24-25-26(20)2)19(18)28-14-16-7-4-5-9-17(16)21;/h4-10,22H,3,11-14H2,1-2H3;1H. The Kier molecular flexibility index (Phi) is 9.85. The summed E-state index contributed by atoms with van der Waals surface area (Å²) in [6.07, 6.45) is 0. The summed E-state index contributed by atoms with van der Waals surface area (Å²) in [5.74, 6) is 1.83. The Morgan fingerprint density at radius 3 is 2.63 bits per heavy atom. The first-order valence-electron chi connectivity index (χ1n) is 9.35. The molecule has 0 saturated carbocycles. The molecule has 30 heavy (non-hydrogen) atoms. The molecule has 10 heteroatoms. The average molecular weight is 454 g/mol. The highest BCUT2D eigenvalue weighted by molar-refractivity contribution is 7.99. The fraction of sp³-hybridized carbons (Fsp3) is 0.350. The molecule has 1 heterocycles. The number of aromatic nitrogens is 4. The van der Waals surface area contributed by atoms with E-state index in [1.165, 1.54) is 6.07 Å². The summed E-state index contributed by atoms with van der Waals surface area (Å²) in [6, 6.07) is 12.4. The van der Waals surface area contributed by atoms with Gasteiger partial charge in [-0.05, 0) is 29.5 Å². The second kappa shape index (κ2) is 12.4. The van der Waals surface area contributed by atoms with Gasteiger partial charge < -0.3 is 14.8 Å². The first-order valence-corrected chi connectivity index (χ1v) is 10.3. The largest absolute Gasteiger partial charge is 0.490 e. The van der Waals surface area contributed by atoms with Crippen LogP contribution in [-0.4, -0.2) is 39.1 Å². The van der Waals surface area contributed by atoms with Crippen LogP contribution in [0.1, 0.15) is 18.1 Å². The van der Waals surface area contributed by atoms with Gasteiger partial charge in [-0.25, -0.2) is 9.07 Å². The van der Waals surface area contributed by atoms with Crippen molar-refractivity contribution in [3.63, 3.8) is 0 Å². The van der Waals surface area contributed by atoms with Crippen molar-refractivity contribution in [3.05, 3.63) is 59.4 Å². The Balaban J connectivity index is 0.00000320. The molecular weight excluding hydrogens is 429 g/mol. The number of para-hydroxylation sites is 1. The first-order chi connectivity index (χ1) is 14.2. The summed E-state index contributed by atoms with van der Waals surface area (Å²) in [4.78, 5) is 0. The van der Waals surface area contributed by atoms with Crippen LogP contribution in [0.25, 0.3) is 0 Å². The number of thioether (sulfide) groups is 1. The lowest BCUT2D eigenvalue weighted by Gasteiger charge is -2.16. The van der Waals surface area contributed by atoms with E-state index in [2.05, 4.69) is 20.8 Å². The second-order valence-corrected chi connectivity index (χ2v) is 7.23. The van der Waals surface area contributed by atoms with Crippen LogP contribution in [0.2, 0.25) is 0 Å². The van der Waals surface area contributed by atoms with Gasteiger partial charge in [0.05, 0.1) is 6.61 Å². The number of hydrogen-bond acceptors (Lipinski definition) is 7. The van der Waals surface area contributed by atoms with Crippen molar-refractivity contribution >= 4 is 24.2 Å². The molecule has 1 aromatic heterocycles. The number of nitrogens with one attached hydrogen (secondary N) is 1. The van der Waals surface area contributed by atoms with Gasteiger partial charge in [0.2, 0.25) is 5.16 Å². The van der Waals surface area contributed by atoms with Crippen molar-refractivity contribution in [2.24, 2.45) is 7.05 Å². The monoisotopic (exact) mass is 453 g/mol. The molecule has 162 valence electrons. The molecule has 7 nitrogen and oxygen atoms in total. The maximum Gasteiger partial charge on any atom is 0.209 e. The van der Waals surface area contributed by atoms with E-state index in [1.807, 2.05) is 32.2 Å². The van der Waals surface area contributed by atoms with Gasteiger partial charge in [0.15, 0.2) is 11.5 Å². The maximum atomic E-state index is 13.9. The molecule has 0 fully saturated rings. The SMILES string of the molecule is CCOc1cccc(CNCCSc2nnnn2C)c1OCc1ccccc1F.Cl. The van der Waals surface area contributed by atoms with Crippen LogP contribution in [-0.2, 0) is 20.2 Å². The molecule has 0 amide bonds. The van der Waals surface area contributed by atoms with Crippen molar-refractivity contribution in [3.8, 4) is 11.5 Å². The highest BCUT2D eigenvalue weighted by atomic mass is 35.5. The van der Waals surface area contributed by atoms with Crippen LogP contribution in [0.4, 0.5) is 4.39 Å². The number of rotatable bonds is 11. The zero-order valence-electron chi connectivity index (χ0n) is 16.9. The van der Waals surface area contributed by atoms with Crippen LogP contribution in [0.15, 0.2) is 47.6 Å². The zero-order chi connectivity index (χ0) is 20.5. The molecule has 0 spiro atoms. The van der Waals surface area contributed by atoms with Gasteiger partial charge in [-0.15, -0.1) is 17.5 Å². The highest BCUT2D eigenvalue weighted by Crippen LogP contribution is 2.32. The number of halogens is 2. The number of aryl methyl sites for hydroxylation is 1. The van der Waals surface area contributed by atoms with E-state index in [-0.39, 0.29) is 24.8 Å². The van der Waals surface area contributed by atoms with Gasteiger partial charge >= 0.3 is 0 Å². The number of hydrogen-bond donors (Lipinski definition) is 1. The third kappa shape index (κ3) is 6.58. The second-order valence-electron chi connectivity index (χ2n) is 6.17. The molecule has 0 aliphatic rings. The van der Waals surface area contributed by atoms with Gasteiger partial charge in [-0.2, -0.15) is 0 Å². The van der Waals surface area contributed by atoms with E-state index in [1.54, 1.807) is 34.6 Å². The lowest BCUT2D eigenvalue weighted by atomic mass is 10.1. The minimum absolute atomic E-state index is 0. The minimum atomic E-state index is -0.281. The molecule has 0 unspecified atom stereocenters. The molecule has 0 atom stereocenters. The van der Waals surface area contributed by atoms with Crippen molar-refractivity contribution in [2.45, 2.75) is 25.2 Å². The third-order valence-electron chi connectivity index (χ3n) is 4.10. The normalized spacial score (nSPS) is 10.5. The van der Waals surface area contributed by atoms with E-state index >= 15 is 0 Å². The third-order valence-corrected chi connectivity index (χ3v) is 5.11. The molecule has 3 aromatic rings. The molecule has 0 saturated heterocycles. The van der Waals surface area contributed by atoms with E-state index < -0.39 is 0 Å². The fourth-order valence-corrected chi connectivity index (χ4v) is 3.43. The maximum absolute atomic E-state index is 13.9. The molecule has 0 bridgehead atoms. The van der Waals surface area contributed by atoms with Crippen LogP contribution in [0.5, 0.6) is 11.5 Å². The number of tetrazole rings is 1.